The number of fused-ring (bicyclic) bond motifs is 1. The van der Waals surface area contributed by atoms with Crippen LogP contribution in [0, 0.1) is 0 Å². The van der Waals surface area contributed by atoms with Gasteiger partial charge in [-0.1, -0.05) is 26.8 Å². The minimum absolute atomic E-state index is 0.0938. The van der Waals surface area contributed by atoms with Crippen molar-refractivity contribution < 1.29 is 4.79 Å². The summed E-state index contributed by atoms with van der Waals surface area (Å²) in [5.41, 5.74) is 3.24. The standard InChI is InChI=1S/C16H24N2O/c1-11(19)18-14-8-7-12(15(2,3)4)9-13(14)17-10-16(18,5)6/h7-9,17H,10H2,1-6H3. The van der Waals surface area contributed by atoms with E-state index in [-0.39, 0.29) is 16.9 Å². The summed E-state index contributed by atoms with van der Waals surface area (Å²) in [6.07, 6.45) is 0. The van der Waals surface area contributed by atoms with Gasteiger partial charge < -0.3 is 10.2 Å². The number of amides is 1. The summed E-state index contributed by atoms with van der Waals surface area (Å²) in [4.78, 5) is 13.9. The zero-order chi connectivity index (χ0) is 14.4. The van der Waals surface area contributed by atoms with E-state index >= 15 is 0 Å². The minimum atomic E-state index is -0.192. The molecule has 0 aliphatic carbocycles. The fourth-order valence-electron chi connectivity index (χ4n) is 2.65. The second kappa shape index (κ2) is 4.26. The summed E-state index contributed by atoms with van der Waals surface area (Å²) in [5, 5.41) is 3.46. The summed E-state index contributed by atoms with van der Waals surface area (Å²) >= 11 is 0. The lowest BCUT2D eigenvalue weighted by Gasteiger charge is -2.43. The predicted molar refractivity (Wildman–Crippen MR) is 80.9 cm³/mol. The van der Waals surface area contributed by atoms with Crippen LogP contribution in [0.2, 0.25) is 0 Å². The van der Waals surface area contributed by atoms with Crippen molar-refractivity contribution in [3.63, 3.8) is 0 Å². The number of hydrogen-bond acceptors (Lipinski definition) is 2. The van der Waals surface area contributed by atoms with E-state index in [0.717, 1.165) is 17.9 Å². The molecule has 3 heteroatoms. The molecule has 1 aliphatic heterocycles. The summed E-state index contributed by atoms with van der Waals surface area (Å²) in [6.45, 7) is 13.2. The van der Waals surface area contributed by atoms with Gasteiger partial charge in [-0.25, -0.2) is 0 Å². The van der Waals surface area contributed by atoms with Crippen molar-refractivity contribution in [2.24, 2.45) is 0 Å². The smallest absolute Gasteiger partial charge is 0.224 e. The molecule has 0 aromatic heterocycles. The first-order valence-electron chi connectivity index (χ1n) is 6.82. The Morgan fingerprint density at radius 2 is 1.95 bits per heavy atom. The van der Waals surface area contributed by atoms with Gasteiger partial charge in [0.05, 0.1) is 16.9 Å². The van der Waals surface area contributed by atoms with Gasteiger partial charge in [0.15, 0.2) is 0 Å². The van der Waals surface area contributed by atoms with E-state index in [2.05, 4.69) is 58.1 Å². The van der Waals surface area contributed by atoms with Crippen LogP contribution in [0.15, 0.2) is 18.2 Å². The first-order valence-corrected chi connectivity index (χ1v) is 6.82. The van der Waals surface area contributed by atoms with Crippen LogP contribution in [0.5, 0.6) is 0 Å². The quantitative estimate of drug-likeness (QED) is 0.774. The predicted octanol–water partition coefficient (Wildman–Crippen LogP) is 3.54. The highest BCUT2D eigenvalue weighted by atomic mass is 16.2. The highest BCUT2D eigenvalue weighted by Gasteiger charge is 2.35. The van der Waals surface area contributed by atoms with Gasteiger partial charge in [0, 0.05) is 13.5 Å². The topological polar surface area (TPSA) is 32.3 Å². The van der Waals surface area contributed by atoms with Crippen molar-refractivity contribution in [3.05, 3.63) is 23.8 Å². The number of rotatable bonds is 0. The molecule has 104 valence electrons. The first-order chi connectivity index (χ1) is 8.63. The van der Waals surface area contributed by atoms with E-state index in [1.54, 1.807) is 6.92 Å². The van der Waals surface area contributed by atoms with Gasteiger partial charge in [0.2, 0.25) is 5.91 Å². The second-order valence-corrected chi connectivity index (χ2v) is 7.00. The second-order valence-electron chi connectivity index (χ2n) is 7.00. The van der Waals surface area contributed by atoms with Crippen molar-refractivity contribution in [2.75, 3.05) is 16.8 Å². The monoisotopic (exact) mass is 260 g/mol. The van der Waals surface area contributed by atoms with Gasteiger partial charge in [-0.15, -0.1) is 0 Å². The van der Waals surface area contributed by atoms with Gasteiger partial charge in [-0.2, -0.15) is 0 Å². The van der Waals surface area contributed by atoms with Crippen molar-refractivity contribution in [3.8, 4) is 0 Å². The van der Waals surface area contributed by atoms with Crippen LogP contribution in [-0.4, -0.2) is 18.0 Å². The molecule has 1 aliphatic rings. The van der Waals surface area contributed by atoms with Gasteiger partial charge in [-0.05, 0) is 37.0 Å². The third kappa shape index (κ3) is 2.46. The number of carbonyl (C=O) groups excluding carboxylic acids is 1. The van der Waals surface area contributed by atoms with Gasteiger partial charge >= 0.3 is 0 Å². The van der Waals surface area contributed by atoms with Crippen LogP contribution in [-0.2, 0) is 10.2 Å². The minimum Gasteiger partial charge on any atom is -0.381 e. The molecule has 1 amide bonds. The maximum Gasteiger partial charge on any atom is 0.224 e. The van der Waals surface area contributed by atoms with Crippen LogP contribution in [0.4, 0.5) is 11.4 Å². The third-order valence-electron chi connectivity index (χ3n) is 3.74. The van der Waals surface area contributed by atoms with Crippen LogP contribution in [0.25, 0.3) is 0 Å². The van der Waals surface area contributed by atoms with Crippen molar-refractivity contribution in [1.29, 1.82) is 0 Å². The number of hydrogen-bond donors (Lipinski definition) is 1. The fourth-order valence-corrected chi connectivity index (χ4v) is 2.65. The molecule has 3 nitrogen and oxygen atoms in total. The maximum absolute atomic E-state index is 12.0. The highest BCUT2D eigenvalue weighted by Crippen LogP contribution is 2.38. The van der Waals surface area contributed by atoms with Gasteiger partial charge in [0.25, 0.3) is 0 Å². The molecule has 2 rings (SSSR count). The molecule has 0 fully saturated rings. The van der Waals surface area contributed by atoms with Crippen LogP contribution < -0.4 is 10.2 Å². The maximum atomic E-state index is 12.0. The Bertz CT molecular complexity index is 512. The summed E-state index contributed by atoms with van der Waals surface area (Å²) < 4.78 is 0. The van der Waals surface area contributed by atoms with Crippen molar-refractivity contribution in [2.45, 2.75) is 52.5 Å². The molecule has 0 radical (unpaired) electrons. The lowest BCUT2D eigenvalue weighted by atomic mass is 9.85. The van der Waals surface area contributed by atoms with Gasteiger partial charge in [-0.3, -0.25) is 4.79 Å². The van der Waals surface area contributed by atoms with E-state index in [0.29, 0.717) is 0 Å². The van der Waals surface area contributed by atoms with E-state index in [9.17, 15) is 4.79 Å². The average molecular weight is 260 g/mol. The molecule has 1 heterocycles. The molecule has 1 N–H and O–H groups in total. The molecule has 0 saturated heterocycles. The summed E-state index contributed by atoms with van der Waals surface area (Å²) in [6, 6.07) is 6.35. The van der Waals surface area contributed by atoms with Crippen LogP contribution >= 0.6 is 0 Å². The zero-order valence-corrected chi connectivity index (χ0v) is 12.8. The molecular weight excluding hydrogens is 236 g/mol. The lowest BCUT2D eigenvalue weighted by Crippen LogP contribution is -2.54. The fraction of sp³-hybridized carbons (Fsp3) is 0.562. The Morgan fingerprint density at radius 1 is 1.32 bits per heavy atom. The molecular formula is C16H24N2O. The Labute approximate surface area is 116 Å². The van der Waals surface area contributed by atoms with Crippen molar-refractivity contribution in [1.82, 2.24) is 0 Å². The molecule has 1 aromatic carbocycles. The summed E-state index contributed by atoms with van der Waals surface area (Å²) in [5.74, 6) is 0.0938. The van der Waals surface area contributed by atoms with E-state index in [1.165, 1.54) is 5.56 Å². The normalized spacial score (nSPS) is 17.7. The highest BCUT2D eigenvalue weighted by molar-refractivity contribution is 5.97. The number of carbonyl (C=O) groups is 1. The number of anilines is 2. The Balaban J connectivity index is 2.52. The molecule has 1 aromatic rings. The molecule has 0 unspecified atom stereocenters. The van der Waals surface area contributed by atoms with Gasteiger partial charge in [0.1, 0.15) is 0 Å². The number of nitrogens with zero attached hydrogens (tertiary/aromatic N) is 1. The number of nitrogens with one attached hydrogen (secondary N) is 1. The Kier molecular flexibility index (Phi) is 3.12. The van der Waals surface area contributed by atoms with E-state index in [4.69, 9.17) is 0 Å². The molecule has 0 saturated carbocycles. The third-order valence-corrected chi connectivity index (χ3v) is 3.74. The first kappa shape index (κ1) is 13.9. The molecule has 0 spiro atoms. The summed E-state index contributed by atoms with van der Waals surface area (Å²) in [7, 11) is 0. The van der Waals surface area contributed by atoms with E-state index in [1.807, 2.05) is 4.90 Å². The van der Waals surface area contributed by atoms with Crippen LogP contribution in [0.1, 0.15) is 47.1 Å². The Morgan fingerprint density at radius 3 is 2.47 bits per heavy atom. The molecule has 19 heavy (non-hydrogen) atoms. The number of benzene rings is 1. The van der Waals surface area contributed by atoms with Crippen LogP contribution in [0.3, 0.4) is 0 Å². The Hall–Kier alpha value is -1.51. The SMILES string of the molecule is CC(=O)N1c2ccc(C(C)(C)C)cc2NCC1(C)C. The van der Waals surface area contributed by atoms with Crippen molar-refractivity contribution >= 4 is 17.3 Å². The molecule has 0 atom stereocenters. The zero-order valence-electron chi connectivity index (χ0n) is 12.8. The van der Waals surface area contributed by atoms with E-state index < -0.39 is 0 Å². The average Bonchev–Trinajstić information content (AvgIpc) is 2.25. The largest absolute Gasteiger partial charge is 0.381 e. The molecule has 0 bridgehead atoms. The lowest BCUT2D eigenvalue weighted by molar-refractivity contribution is -0.117.